The summed E-state index contributed by atoms with van der Waals surface area (Å²) < 4.78 is 48.5. The number of anilines is 2. The Hall–Kier alpha value is -4.37. The van der Waals surface area contributed by atoms with E-state index < -0.39 is 9.84 Å². The minimum absolute atomic E-state index is 0.170. The van der Waals surface area contributed by atoms with Crippen molar-refractivity contribution in [3.05, 3.63) is 97.1 Å². The Labute approximate surface area is 216 Å². The van der Waals surface area contributed by atoms with Crippen molar-refractivity contribution in [3.63, 3.8) is 0 Å². The molecule has 4 rings (SSSR count). The first-order valence-corrected chi connectivity index (χ1v) is 13.1. The van der Waals surface area contributed by atoms with Crippen LogP contribution in [-0.4, -0.2) is 34.8 Å². The van der Waals surface area contributed by atoms with E-state index in [1.807, 2.05) is 0 Å². The van der Waals surface area contributed by atoms with Crippen LogP contribution in [0.4, 0.5) is 11.4 Å². The normalized spacial score (nSPS) is 11.0. The second-order valence-electron chi connectivity index (χ2n) is 7.98. The van der Waals surface area contributed by atoms with E-state index in [9.17, 15) is 8.42 Å². The average molecular weight is 521 g/mol. The first kappa shape index (κ1) is 25.7. The second kappa shape index (κ2) is 12.0. The van der Waals surface area contributed by atoms with E-state index in [2.05, 4.69) is 0 Å². The molecule has 0 saturated carbocycles. The number of nitrogens with two attached hydrogens (primary N) is 2. The molecule has 4 aromatic carbocycles. The lowest BCUT2D eigenvalue weighted by Gasteiger charge is -2.11. The molecule has 4 aromatic rings. The van der Waals surface area contributed by atoms with E-state index in [-0.39, 0.29) is 9.79 Å². The van der Waals surface area contributed by atoms with Crippen molar-refractivity contribution >= 4 is 21.2 Å². The van der Waals surface area contributed by atoms with Gasteiger partial charge in [-0.05, 0) is 97.1 Å². The van der Waals surface area contributed by atoms with Gasteiger partial charge in [-0.25, -0.2) is 8.42 Å². The number of benzene rings is 4. The van der Waals surface area contributed by atoms with Gasteiger partial charge in [-0.1, -0.05) is 0 Å². The summed E-state index contributed by atoms with van der Waals surface area (Å²) in [6.45, 7) is 1.30. The Kier molecular flexibility index (Phi) is 8.37. The first-order valence-electron chi connectivity index (χ1n) is 11.6. The van der Waals surface area contributed by atoms with E-state index >= 15 is 0 Å². The van der Waals surface area contributed by atoms with Crippen LogP contribution in [0.3, 0.4) is 0 Å². The van der Waals surface area contributed by atoms with Crippen molar-refractivity contribution < 1.29 is 27.4 Å². The Bertz CT molecular complexity index is 1270. The third-order valence-electron chi connectivity index (χ3n) is 5.27. The summed E-state index contributed by atoms with van der Waals surface area (Å²) in [6.07, 6.45) is 0. The summed E-state index contributed by atoms with van der Waals surface area (Å²) in [7, 11) is -3.68. The van der Waals surface area contributed by atoms with Crippen LogP contribution in [0.2, 0.25) is 0 Å². The third kappa shape index (κ3) is 7.31. The lowest BCUT2D eigenvalue weighted by atomic mass is 10.3. The fraction of sp³-hybridized carbons (Fsp3) is 0.143. The predicted molar refractivity (Wildman–Crippen MR) is 142 cm³/mol. The minimum Gasteiger partial charge on any atom is -0.490 e. The van der Waals surface area contributed by atoms with E-state index in [1.54, 1.807) is 72.8 Å². The fourth-order valence-corrected chi connectivity index (χ4v) is 4.59. The monoisotopic (exact) mass is 520 g/mol. The zero-order valence-electron chi connectivity index (χ0n) is 20.1. The summed E-state index contributed by atoms with van der Waals surface area (Å²) in [4.78, 5) is 0.340. The largest absolute Gasteiger partial charge is 0.490 e. The van der Waals surface area contributed by atoms with Crippen molar-refractivity contribution in [3.8, 4) is 23.0 Å². The van der Waals surface area contributed by atoms with E-state index in [4.69, 9.17) is 30.4 Å². The number of hydrogen-bond donors (Lipinski definition) is 2. The van der Waals surface area contributed by atoms with Crippen molar-refractivity contribution in [2.45, 2.75) is 9.79 Å². The molecular formula is C28H28N2O6S. The van der Waals surface area contributed by atoms with Gasteiger partial charge in [0.2, 0.25) is 9.84 Å². The zero-order chi connectivity index (χ0) is 26.1. The summed E-state index contributed by atoms with van der Waals surface area (Å²) in [5, 5.41) is 0. The first-order chi connectivity index (χ1) is 17.9. The van der Waals surface area contributed by atoms with Crippen molar-refractivity contribution in [2.75, 3.05) is 37.9 Å². The average Bonchev–Trinajstić information content (AvgIpc) is 2.92. The molecule has 0 aromatic heterocycles. The van der Waals surface area contributed by atoms with Gasteiger partial charge < -0.3 is 30.4 Å². The number of rotatable bonds is 12. The molecule has 9 heteroatoms. The van der Waals surface area contributed by atoms with Crippen LogP contribution in [-0.2, 0) is 9.84 Å². The summed E-state index contributed by atoms with van der Waals surface area (Å²) in [5.74, 6) is 2.49. The van der Waals surface area contributed by atoms with Gasteiger partial charge in [0.1, 0.15) is 49.4 Å². The highest BCUT2D eigenvalue weighted by Crippen LogP contribution is 2.25. The molecule has 0 saturated heterocycles. The summed E-state index contributed by atoms with van der Waals surface area (Å²) in [6, 6.07) is 26.7. The second-order valence-corrected chi connectivity index (χ2v) is 9.93. The van der Waals surface area contributed by atoms with Gasteiger partial charge >= 0.3 is 0 Å². The highest BCUT2D eigenvalue weighted by atomic mass is 32.2. The molecule has 0 amide bonds. The highest BCUT2D eigenvalue weighted by Gasteiger charge is 2.17. The molecule has 192 valence electrons. The molecule has 0 radical (unpaired) electrons. The molecule has 0 spiro atoms. The maximum atomic E-state index is 13.0. The van der Waals surface area contributed by atoms with Gasteiger partial charge in [-0.2, -0.15) is 0 Å². The summed E-state index contributed by atoms with van der Waals surface area (Å²) >= 11 is 0. The number of sulfone groups is 1. The van der Waals surface area contributed by atoms with Gasteiger partial charge in [0.05, 0.1) is 9.79 Å². The number of hydrogen-bond acceptors (Lipinski definition) is 8. The Morgan fingerprint density at radius 1 is 0.432 bits per heavy atom. The lowest BCUT2D eigenvalue weighted by molar-refractivity contribution is 0.217. The van der Waals surface area contributed by atoms with Gasteiger partial charge in [0, 0.05) is 11.4 Å². The van der Waals surface area contributed by atoms with E-state index in [0.29, 0.717) is 60.8 Å². The van der Waals surface area contributed by atoms with Gasteiger partial charge in [0.25, 0.3) is 0 Å². The maximum Gasteiger partial charge on any atom is 0.206 e. The number of ether oxygens (including phenoxy) is 4. The van der Waals surface area contributed by atoms with Gasteiger partial charge in [0.15, 0.2) is 0 Å². The molecule has 8 nitrogen and oxygen atoms in total. The van der Waals surface area contributed by atoms with Crippen LogP contribution in [0.1, 0.15) is 0 Å². The molecule has 0 bridgehead atoms. The fourth-order valence-electron chi connectivity index (χ4n) is 3.33. The van der Waals surface area contributed by atoms with Gasteiger partial charge in [-0.15, -0.1) is 0 Å². The van der Waals surface area contributed by atoms with Crippen molar-refractivity contribution in [1.82, 2.24) is 0 Å². The molecule has 37 heavy (non-hydrogen) atoms. The quantitative estimate of drug-likeness (QED) is 0.205. The van der Waals surface area contributed by atoms with Crippen molar-refractivity contribution in [2.24, 2.45) is 0 Å². The zero-order valence-corrected chi connectivity index (χ0v) is 20.9. The topological polar surface area (TPSA) is 123 Å². The van der Waals surface area contributed by atoms with Crippen LogP contribution >= 0.6 is 0 Å². The molecule has 0 aliphatic rings. The molecule has 0 heterocycles. The lowest BCUT2D eigenvalue weighted by Crippen LogP contribution is -2.09. The Morgan fingerprint density at radius 3 is 0.946 bits per heavy atom. The molecule has 0 fully saturated rings. The molecule has 0 atom stereocenters. The predicted octanol–water partition coefficient (Wildman–Crippen LogP) is 4.60. The Balaban J connectivity index is 1.24. The molecule has 0 aliphatic heterocycles. The molecule has 4 N–H and O–H groups in total. The molecule has 0 unspecified atom stereocenters. The number of nitrogen functional groups attached to an aromatic ring is 2. The summed E-state index contributed by atoms with van der Waals surface area (Å²) in [5.41, 5.74) is 12.6. The molecule has 0 aliphatic carbocycles. The smallest absolute Gasteiger partial charge is 0.206 e. The Morgan fingerprint density at radius 2 is 0.676 bits per heavy atom. The van der Waals surface area contributed by atoms with Crippen LogP contribution in [0, 0.1) is 0 Å². The minimum atomic E-state index is -3.68. The maximum absolute atomic E-state index is 13.0. The van der Waals surface area contributed by atoms with Gasteiger partial charge in [-0.3, -0.25) is 0 Å². The van der Waals surface area contributed by atoms with E-state index in [1.165, 1.54) is 24.3 Å². The van der Waals surface area contributed by atoms with Crippen molar-refractivity contribution in [1.29, 1.82) is 0 Å². The van der Waals surface area contributed by atoms with Crippen LogP contribution in [0.5, 0.6) is 23.0 Å². The van der Waals surface area contributed by atoms with Crippen LogP contribution < -0.4 is 30.4 Å². The highest BCUT2D eigenvalue weighted by molar-refractivity contribution is 7.91. The van der Waals surface area contributed by atoms with Crippen LogP contribution in [0.25, 0.3) is 0 Å². The SMILES string of the molecule is Nc1ccc(OCCOc2ccc(S(=O)(=O)c3ccc(OCCOc4ccc(N)cc4)cc3)cc2)cc1. The molecular weight excluding hydrogens is 492 g/mol. The van der Waals surface area contributed by atoms with E-state index in [0.717, 1.165) is 0 Å². The van der Waals surface area contributed by atoms with Crippen LogP contribution in [0.15, 0.2) is 107 Å². The third-order valence-corrected chi connectivity index (χ3v) is 7.06. The standard InChI is InChI=1S/C28H28N2O6S/c29-21-1-5-23(6-2-21)33-17-19-35-25-9-13-27(14-10-25)37(31,32)28-15-11-26(12-16-28)36-20-18-34-24-7-3-22(30)4-8-24/h1-16H,17-20,29-30H2.